The number of aryl methyl sites for hydroxylation is 1. The first-order chi connectivity index (χ1) is 12.3. The van der Waals surface area contributed by atoms with Gasteiger partial charge in [0.05, 0.1) is 5.56 Å². The van der Waals surface area contributed by atoms with Crippen LogP contribution in [0.4, 0.5) is 5.69 Å². The molecule has 2 aliphatic carbocycles. The molecule has 0 amide bonds. The van der Waals surface area contributed by atoms with Gasteiger partial charge in [0.2, 0.25) is 0 Å². The van der Waals surface area contributed by atoms with E-state index < -0.39 is 0 Å². The van der Waals surface area contributed by atoms with E-state index >= 15 is 0 Å². The second-order valence-electron chi connectivity index (χ2n) is 7.39. The number of nitrogens with zero attached hydrogens (tertiary/aromatic N) is 1. The first kappa shape index (κ1) is 14.9. The molecule has 2 aromatic carbocycles. The maximum atomic E-state index is 13.3. The van der Waals surface area contributed by atoms with Crippen molar-refractivity contribution in [3.63, 3.8) is 0 Å². The van der Waals surface area contributed by atoms with Crippen LogP contribution >= 0.6 is 0 Å². The topological polar surface area (TPSA) is 37.4 Å². The van der Waals surface area contributed by atoms with Crippen LogP contribution in [0.1, 0.15) is 68.7 Å². The van der Waals surface area contributed by atoms with Gasteiger partial charge in [0.25, 0.3) is 0 Å². The molecule has 0 saturated carbocycles. The molecular formula is C22H21NO2. The summed E-state index contributed by atoms with van der Waals surface area (Å²) in [6, 6.07) is 9.52. The minimum absolute atomic E-state index is 0.0282. The Morgan fingerprint density at radius 1 is 0.760 bits per heavy atom. The molecule has 3 aliphatic rings. The second-order valence-corrected chi connectivity index (χ2v) is 7.39. The fraction of sp³-hybridized carbons (Fsp3) is 0.364. The first-order valence-electron chi connectivity index (χ1n) is 9.38. The summed E-state index contributed by atoms with van der Waals surface area (Å²) in [6.45, 7) is 1.96. The van der Waals surface area contributed by atoms with Gasteiger partial charge in [-0.1, -0.05) is 24.3 Å². The third-order valence-corrected chi connectivity index (χ3v) is 5.95. The highest BCUT2D eigenvalue weighted by molar-refractivity contribution is 6.30. The van der Waals surface area contributed by atoms with Crippen molar-refractivity contribution in [1.82, 2.24) is 0 Å². The van der Waals surface area contributed by atoms with E-state index in [1.54, 1.807) is 12.1 Å². The Balaban J connectivity index is 1.81. The largest absolute Gasteiger partial charge is 0.371 e. The Kier molecular flexibility index (Phi) is 3.30. The van der Waals surface area contributed by atoms with Gasteiger partial charge >= 0.3 is 0 Å². The molecule has 1 saturated heterocycles. The average molecular weight is 331 g/mol. The zero-order valence-electron chi connectivity index (χ0n) is 14.3. The molecule has 126 valence electrons. The third-order valence-electron chi connectivity index (χ3n) is 5.95. The van der Waals surface area contributed by atoms with Gasteiger partial charge in [-0.25, -0.2) is 0 Å². The fourth-order valence-corrected chi connectivity index (χ4v) is 4.73. The van der Waals surface area contributed by atoms with Gasteiger partial charge < -0.3 is 4.90 Å². The summed E-state index contributed by atoms with van der Waals surface area (Å²) in [5.74, 6) is 0.0740. The fourth-order valence-electron chi connectivity index (χ4n) is 4.73. The lowest BCUT2D eigenvalue weighted by molar-refractivity contribution is 0.0978. The summed E-state index contributed by atoms with van der Waals surface area (Å²) >= 11 is 0. The van der Waals surface area contributed by atoms with Gasteiger partial charge in [0, 0.05) is 35.5 Å². The predicted octanol–water partition coefficient (Wildman–Crippen LogP) is 3.94. The Bertz CT molecular complexity index is 906. The summed E-state index contributed by atoms with van der Waals surface area (Å²) in [5, 5.41) is 0. The SMILES string of the molecule is O=C1c2ccccc2C(=O)c2c3c(cc(N4CCCC4)c21)CCCC3. The maximum Gasteiger partial charge on any atom is 0.196 e. The standard InChI is InChI=1S/C22H21NO2/c24-21-16-9-3-4-10-17(16)22(25)20-18(23-11-5-6-12-23)13-14-7-1-2-8-15(14)19(20)21/h3-4,9-10,13H,1-2,5-8,11-12H2. The molecule has 0 N–H and O–H groups in total. The van der Waals surface area contributed by atoms with Crippen molar-refractivity contribution in [2.75, 3.05) is 18.0 Å². The molecule has 3 nitrogen and oxygen atoms in total. The molecule has 0 radical (unpaired) electrons. The van der Waals surface area contributed by atoms with Crippen LogP contribution in [-0.4, -0.2) is 24.7 Å². The molecule has 1 fully saturated rings. The molecule has 2 aromatic rings. The first-order valence-corrected chi connectivity index (χ1v) is 9.38. The van der Waals surface area contributed by atoms with Crippen LogP contribution in [0, 0.1) is 0 Å². The lowest BCUT2D eigenvalue weighted by Crippen LogP contribution is -2.29. The molecule has 0 aromatic heterocycles. The Morgan fingerprint density at radius 3 is 2.12 bits per heavy atom. The summed E-state index contributed by atoms with van der Waals surface area (Å²) < 4.78 is 0. The normalized spacial score (nSPS) is 18.8. The van der Waals surface area contributed by atoms with Gasteiger partial charge in [-0.2, -0.15) is 0 Å². The van der Waals surface area contributed by atoms with Crippen molar-refractivity contribution in [3.8, 4) is 0 Å². The highest BCUT2D eigenvalue weighted by Crippen LogP contribution is 2.40. The van der Waals surface area contributed by atoms with E-state index in [0.29, 0.717) is 22.3 Å². The van der Waals surface area contributed by atoms with Gasteiger partial charge in [-0.15, -0.1) is 0 Å². The molecule has 3 heteroatoms. The number of hydrogen-bond acceptors (Lipinski definition) is 3. The summed E-state index contributed by atoms with van der Waals surface area (Å²) in [7, 11) is 0. The second kappa shape index (κ2) is 5.55. The molecule has 1 heterocycles. The molecule has 0 spiro atoms. The van der Waals surface area contributed by atoms with E-state index in [0.717, 1.165) is 56.4 Å². The van der Waals surface area contributed by atoms with Crippen molar-refractivity contribution in [3.05, 3.63) is 63.7 Å². The van der Waals surface area contributed by atoms with Crippen molar-refractivity contribution in [2.45, 2.75) is 38.5 Å². The zero-order chi connectivity index (χ0) is 17.0. The number of fused-ring (bicyclic) bond motifs is 4. The van der Waals surface area contributed by atoms with Crippen LogP contribution in [0.5, 0.6) is 0 Å². The Hall–Kier alpha value is -2.42. The monoisotopic (exact) mass is 331 g/mol. The number of anilines is 1. The molecule has 5 rings (SSSR count). The molecule has 25 heavy (non-hydrogen) atoms. The van der Waals surface area contributed by atoms with Crippen LogP contribution in [-0.2, 0) is 12.8 Å². The Morgan fingerprint density at radius 2 is 1.40 bits per heavy atom. The molecule has 0 bridgehead atoms. The number of hydrogen-bond donors (Lipinski definition) is 0. The van der Waals surface area contributed by atoms with E-state index in [2.05, 4.69) is 11.0 Å². The lowest BCUT2D eigenvalue weighted by atomic mass is 9.76. The summed E-state index contributed by atoms with van der Waals surface area (Å²) in [6.07, 6.45) is 6.52. The average Bonchev–Trinajstić information content (AvgIpc) is 3.19. The number of rotatable bonds is 1. The lowest BCUT2D eigenvalue weighted by Gasteiger charge is -2.30. The van der Waals surface area contributed by atoms with Crippen LogP contribution < -0.4 is 4.90 Å². The summed E-state index contributed by atoms with van der Waals surface area (Å²) in [5.41, 5.74) is 5.95. The number of carbonyl (C=O) groups is 2. The highest BCUT2D eigenvalue weighted by Gasteiger charge is 2.36. The predicted molar refractivity (Wildman–Crippen MR) is 97.8 cm³/mol. The number of carbonyl (C=O) groups excluding carboxylic acids is 2. The third kappa shape index (κ3) is 2.11. The molecule has 0 atom stereocenters. The Labute approximate surface area is 147 Å². The quantitative estimate of drug-likeness (QED) is 0.678. The van der Waals surface area contributed by atoms with E-state index in [1.807, 2.05) is 12.1 Å². The van der Waals surface area contributed by atoms with E-state index in [9.17, 15) is 9.59 Å². The molecule has 0 unspecified atom stereocenters. The van der Waals surface area contributed by atoms with E-state index in [1.165, 1.54) is 12.0 Å². The maximum absolute atomic E-state index is 13.3. The van der Waals surface area contributed by atoms with E-state index in [-0.39, 0.29) is 11.6 Å². The minimum atomic E-state index is 0.0282. The zero-order valence-corrected chi connectivity index (χ0v) is 14.3. The molecule has 1 aliphatic heterocycles. The van der Waals surface area contributed by atoms with Crippen LogP contribution in [0.25, 0.3) is 0 Å². The van der Waals surface area contributed by atoms with Gasteiger partial charge in [0.15, 0.2) is 11.6 Å². The smallest absolute Gasteiger partial charge is 0.196 e. The van der Waals surface area contributed by atoms with Crippen molar-refractivity contribution < 1.29 is 9.59 Å². The van der Waals surface area contributed by atoms with Crippen LogP contribution in [0.3, 0.4) is 0 Å². The van der Waals surface area contributed by atoms with Crippen LogP contribution in [0.15, 0.2) is 30.3 Å². The van der Waals surface area contributed by atoms with Crippen molar-refractivity contribution in [1.29, 1.82) is 0 Å². The van der Waals surface area contributed by atoms with Crippen molar-refractivity contribution >= 4 is 17.3 Å². The minimum Gasteiger partial charge on any atom is -0.371 e. The van der Waals surface area contributed by atoms with E-state index in [4.69, 9.17) is 0 Å². The van der Waals surface area contributed by atoms with Gasteiger partial charge in [0.1, 0.15) is 0 Å². The van der Waals surface area contributed by atoms with Gasteiger partial charge in [-0.3, -0.25) is 9.59 Å². The highest BCUT2D eigenvalue weighted by atomic mass is 16.1. The van der Waals surface area contributed by atoms with Gasteiger partial charge in [-0.05, 0) is 55.7 Å². The van der Waals surface area contributed by atoms with Crippen molar-refractivity contribution in [2.24, 2.45) is 0 Å². The summed E-state index contributed by atoms with van der Waals surface area (Å²) in [4.78, 5) is 29.0. The number of ketones is 2. The molecular weight excluding hydrogens is 310 g/mol. The number of benzene rings is 2. The van der Waals surface area contributed by atoms with Crippen LogP contribution in [0.2, 0.25) is 0 Å².